The number of benzene rings is 4. The minimum Gasteiger partial charge on any atom is -0.491 e. The maximum atomic E-state index is 7.48. The molecular weight excluding hydrogens is 1090 g/mol. The number of aryl methyl sites for hydroxylation is 2. The second-order valence-electron chi connectivity index (χ2n) is 23.3. The average molecular weight is 1190 g/mol. The maximum absolute atomic E-state index is 7.48. The zero-order chi connectivity index (χ0) is 54.2. The molecule has 0 aromatic heterocycles. The molecule has 0 fully saturated rings. The molecule has 75 heavy (non-hydrogen) atoms. The van der Waals surface area contributed by atoms with Crippen LogP contribution in [-0.2, 0) is 62.2 Å². The molecule has 0 radical (unpaired) electrons. The van der Waals surface area contributed by atoms with Crippen LogP contribution in [0, 0.1) is 0 Å². The van der Waals surface area contributed by atoms with Crippen molar-refractivity contribution in [3.05, 3.63) is 126 Å². The number of ether oxygens (including phenoxy) is 2. The van der Waals surface area contributed by atoms with Crippen LogP contribution in [0.25, 0.3) is 0 Å². The minimum atomic E-state index is -3.46. The Balaban J connectivity index is 0.00000963. The molecule has 4 aromatic carbocycles. The summed E-state index contributed by atoms with van der Waals surface area (Å²) in [6, 6.07) is 41.8. The lowest BCUT2D eigenvalue weighted by Crippen LogP contribution is -2.69. The van der Waals surface area contributed by atoms with E-state index >= 15 is 0 Å². The third-order valence-electron chi connectivity index (χ3n) is 12.3. The highest BCUT2D eigenvalue weighted by Crippen LogP contribution is 2.33. The summed E-state index contributed by atoms with van der Waals surface area (Å²) in [6.45, 7) is 40.0. The first-order valence-electron chi connectivity index (χ1n) is 26.5. The molecule has 2 atom stereocenters. The van der Waals surface area contributed by atoms with Gasteiger partial charge in [-0.15, -0.1) is 0 Å². The highest BCUT2D eigenvalue weighted by molar-refractivity contribution is 6.96. The van der Waals surface area contributed by atoms with E-state index in [-0.39, 0.29) is 14.9 Å². The van der Waals surface area contributed by atoms with Crippen LogP contribution in [0.15, 0.2) is 109 Å². The quantitative estimate of drug-likeness (QED) is 0.0330. The molecule has 0 spiro atoms. The molecule has 0 aliphatic carbocycles. The van der Waals surface area contributed by atoms with Crippen molar-refractivity contribution in [2.75, 3.05) is 33.5 Å². The predicted molar refractivity (Wildman–Crippen MR) is 337 cm³/mol. The van der Waals surface area contributed by atoms with Gasteiger partial charge in [0.25, 0.3) is 0 Å². The van der Waals surface area contributed by atoms with Crippen molar-refractivity contribution in [2.45, 2.75) is 171 Å². The molecule has 0 bridgehead atoms. The van der Waals surface area contributed by atoms with Gasteiger partial charge in [0, 0.05) is 30.7 Å². The topological polar surface area (TPSA) is 102 Å². The van der Waals surface area contributed by atoms with E-state index in [2.05, 4.69) is 183 Å². The fraction of sp³-hybridized carbons (Fsp3) is 0.564. The van der Waals surface area contributed by atoms with Gasteiger partial charge in [-0.2, -0.15) is 0 Å². The van der Waals surface area contributed by atoms with Gasteiger partial charge in [0.2, 0.25) is 0 Å². The lowest BCUT2D eigenvalue weighted by atomic mass is 10.1. The molecular formula is C55H102O11Si9. The predicted octanol–water partition coefficient (Wildman–Crippen LogP) is 14.2. The average Bonchev–Trinajstić information content (AvgIpc) is 3.29. The van der Waals surface area contributed by atoms with Gasteiger partial charge in [0.1, 0.15) is 12.4 Å². The van der Waals surface area contributed by atoms with Crippen LogP contribution in [0.1, 0.15) is 45.4 Å². The third-order valence-corrected chi connectivity index (χ3v) is 43.2. The Kier molecular flexibility index (Phi) is 27.9. The van der Waals surface area contributed by atoms with Crippen LogP contribution in [0.3, 0.4) is 0 Å². The Morgan fingerprint density at radius 3 is 1.16 bits per heavy atom. The number of rotatable bonds is 34. The summed E-state index contributed by atoms with van der Waals surface area (Å²) in [6.07, 6.45) is 1.78. The zero-order valence-electron chi connectivity index (χ0n) is 48.2. The van der Waals surface area contributed by atoms with E-state index in [9.17, 15) is 0 Å². The third kappa shape index (κ3) is 24.6. The van der Waals surface area contributed by atoms with Crippen LogP contribution < -0.4 is 15.1 Å². The lowest BCUT2D eigenvalue weighted by molar-refractivity contribution is 0.0889. The summed E-state index contributed by atoms with van der Waals surface area (Å²) >= 11 is 0. The SMILES string of the molecule is C.C.CCO[Si](C)(C)O[Si](O[Si](C)(C)C)(O[Si](C)(C)CCc1ccc(COCCOc2ccc(CC[Si](C)(C)O[Si](O[Si](C)(C)CC[Si](C)(C)OC)(O[Si](C)(C)OCC)c3ccccc3)cc2)cc1)c1ccccc1. The van der Waals surface area contributed by atoms with Crippen molar-refractivity contribution in [3.63, 3.8) is 0 Å². The smallest absolute Gasteiger partial charge is 0.491 e. The molecule has 0 aliphatic rings. The molecule has 2 unspecified atom stereocenters. The number of hydrogen-bond donors (Lipinski definition) is 0. The van der Waals surface area contributed by atoms with Crippen LogP contribution >= 0.6 is 0 Å². The molecule has 11 nitrogen and oxygen atoms in total. The molecule has 0 saturated heterocycles. The summed E-state index contributed by atoms with van der Waals surface area (Å²) in [4.78, 5) is 0. The van der Waals surface area contributed by atoms with Crippen molar-refractivity contribution in [3.8, 4) is 5.75 Å². The second-order valence-corrected chi connectivity index (χ2v) is 58.5. The van der Waals surface area contributed by atoms with E-state index in [4.69, 9.17) is 47.4 Å². The second kappa shape index (κ2) is 30.2. The first-order chi connectivity index (χ1) is 33.9. The zero-order valence-corrected chi connectivity index (χ0v) is 57.2. The molecule has 20 heteroatoms. The van der Waals surface area contributed by atoms with E-state index in [1.165, 1.54) is 11.1 Å². The fourth-order valence-electron chi connectivity index (χ4n) is 8.37. The van der Waals surface area contributed by atoms with Gasteiger partial charge in [-0.1, -0.05) is 112 Å². The molecule has 4 rings (SSSR count). The molecule has 4 aromatic rings. The highest BCUT2D eigenvalue weighted by Gasteiger charge is 2.56. The number of hydrogen-bond acceptors (Lipinski definition) is 11. The van der Waals surface area contributed by atoms with Gasteiger partial charge in [0.15, 0.2) is 41.6 Å². The minimum absolute atomic E-state index is 0. The summed E-state index contributed by atoms with van der Waals surface area (Å²) < 4.78 is 74.2. The van der Waals surface area contributed by atoms with Crippen LogP contribution in [0.4, 0.5) is 0 Å². The largest absolute Gasteiger partial charge is 0.507 e. The van der Waals surface area contributed by atoms with Crippen molar-refractivity contribution >= 4 is 86.7 Å². The Morgan fingerprint density at radius 1 is 0.387 bits per heavy atom. The van der Waals surface area contributed by atoms with E-state index in [1.807, 2.05) is 45.2 Å². The summed E-state index contributed by atoms with van der Waals surface area (Å²) in [5.41, 5.74) is 3.64. The van der Waals surface area contributed by atoms with Gasteiger partial charge < -0.3 is 47.4 Å². The maximum Gasteiger partial charge on any atom is 0.507 e. The normalized spacial score (nSPS) is 14.6. The molecule has 0 aliphatic heterocycles. The van der Waals surface area contributed by atoms with E-state index in [1.54, 1.807) is 0 Å². The summed E-state index contributed by atoms with van der Waals surface area (Å²) in [7, 11) is -21.1. The van der Waals surface area contributed by atoms with Crippen molar-refractivity contribution in [1.29, 1.82) is 0 Å². The van der Waals surface area contributed by atoms with Crippen LogP contribution in [0.2, 0.25) is 122 Å². The molecule has 0 saturated carbocycles. The lowest BCUT2D eigenvalue weighted by Gasteiger charge is -2.44. The highest BCUT2D eigenvalue weighted by atomic mass is 28.5. The summed E-state index contributed by atoms with van der Waals surface area (Å²) in [5.74, 6) is 0.828. The van der Waals surface area contributed by atoms with Gasteiger partial charge >= 0.3 is 34.7 Å². The van der Waals surface area contributed by atoms with Crippen LogP contribution in [0.5, 0.6) is 5.75 Å². The first-order valence-corrected chi connectivity index (χ1v) is 51.4. The Morgan fingerprint density at radius 2 is 0.760 bits per heavy atom. The van der Waals surface area contributed by atoms with Crippen molar-refractivity contribution in [2.24, 2.45) is 0 Å². The van der Waals surface area contributed by atoms with E-state index in [0.717, 1.165) is 58.7 Å². The van der Waals surface area contributed by atoms with E-state index < -0.39 is 76.3 Å². The van der Waals surface area contributed by atoms with Gasteiger partial charge in [0.05, 0.1) is 13.2 Å². The monoisotopic (exact) mass is 1190 g/mol. The molecule has 0 N–H and O–H groups in total. The Labute approximate surface area is 466 Å². The fourth-order valence-corrected chi connectivity index (χ4v) is 42.7. The van der Waals surface area contributed by atoms with Gasteiger partial charge in [-0.25, -0.2) is 0 Å². The molecule has 0 heterocycles. The Hall–Kier alpha value is -1.77. The Bertz CT molecular complexity index is 2220. The van der Waals surface area contributed by atoms with Gasteiger partial charge in [-0.3, -0.25) is 0 Å². The van der Waals surface area contributed by atoms with E-state index in [0.29, 0.717) is 33.0 Å². The first kappa shape index (κ1) is 69.3. The summed E-state index contributed by atoms with van der Waals surface area (Å²) in [5, 5.41) is 2.02. The van der Waals surface area contributed by atoms with Crippen LogP contribution in [-0.4, -0.2) is 110 Å². The standard InChI is InChI=1S/C53H94O11Si9.2CH4/c1-19-57-70(15,16)63-72(59-65(4,5)6,52-27-23-21-24-28-52)60-67(9,10)43-39-48-31-33-50(34-32-48)47-55-41-42-56-51-37-35-49(36-38-51)40-44-68(11,12)61-73(53-29-25-22-26-30-53,64-71(17,18)58-20-2)62-69(13,14)46-45-66(7,8)54-3;;/h21-38H,19-20,39-47H2,1-18H3;2*1H4. The molecule has 0 amide bonds. The molecule has 424 valence electrons. The van der Waals surface area contributed by atoms with Crippen molar-refractivity contribution < 1.29 is 47.4 Å². The van der Waals surface area contributed by atoms with Crippen molar-refractivity contribution in [1.82, 2.24) is 0 Å². The van der Waals surface area contributed by atoms with Gasteiger partial charge in [-0.05, 0) is 178 Å².